The maximum Gasteiger partial charge on any atom is 0.422 e. The lowest BCUT2D eigenvalue weighted by Gasteiger charge is -2.58. The molecule has 0 spiro atoms. The second-order valence-electron chi connectivity index (χ2n) is 9.18. The maximum atomic E-state index is 12.7. The average molecular weight is 530 g/mol. The van der Waals surface area contributed by atoms with Crippen LogP contribution in [0.1, 0.15) is 43.2 Å². The van der Waals surface area contributed by atoms with Crippen molar-refractivity contribution in [2.75, 3.05) is 18.5 Å². The van der Waals surface area contributed by atoms with E-state index in [0.29, 0.717) is 23.4 Å². The van der Waals surface area contributed by atoms with Crippen molar-refractivity contribution in [3.05, 3.63) is 41.9 Å². The van der Waals surface area contributed by atoms with Crippen LogP contribution in [0.3, 0.4) is 0 Å². The Balaban J connectivity index is 1.61. The highest BCUT2D eigenvalue weighted by molar-refractivity contribution is 8.26. The van der Waals surface area contributed by atoms with Gasteiger partial charge in [0.25, 0.3) is 5.91 Å². The van der Waals surface area contributed by atoms with Crippen molar-refractivity contribution in [3.8, 4) is 11.6 Å². The van der Waals surface area contributed by atoms with E-state index in [-0.39, 0.29) is 24.0 Å². The summed E-state index contributed by atoms with van der Waals surface area (Å²) in [7, 11) is -3.26. The van der Waals surface area contributed by atoms with Gasteiger partial charge in [-0.25, -0.2) is 9.97 Å². The lowest BCUT2D eigenvalue weighted by atomic mass is 9.86. The molecule has 2 atom stereocenters. The number of ether oxygens (including phenoxy) is 2. The van der Waals surface area contributed by atoms with Crippen LogP contribution < -0.4 is 20.5 Å². The minimum Gasteiger partial charge on any atom is -0.493 e. The average Bonchev–Trinajstić information content (AvgIpc) is 2.93. The number of benzene rings is 1. The molecular weight excluding hydrogens is 503 g/mol. The summed E-state index contributed by atoms with van der Waals surface area (Å²) in [5.41, 5.74) is 5.75. The number of anilines is 1. The molecular formula is C22H26F3N5O5S. The van der Waals surface area contributed by atoms with Gasteiger partial charge < -0.3 is 20.5 Å². The molecule has 2 aromatic rings. The normalized spacial score (nSPS) is 25.2. The number of aliphatic imine (C=N–C) groups is 1. The Hall–Kier alpha value is -3.10. The number of nitrogens with two attached hydrogens (primary N) is 1. The monoisotopic (exact) mass is 529 g/mol. The summed E-state index contributed by atoms with van der Waals surface area (Å²) in [6, 6.07) is 4.84. The molecule has 5 N–H and O–H groups in total. The third-order valence-corrected chi connectivity index (χ3v) is 9.61. The minimum atomic E-state index is -4.53. The first-order valence-corrected chi connectivity index (χ1v) is 12.5. The van der Waals surface area contributed by atoms with E-state index in [2.05, 4.69) is 20.0 Å². The zero-order valence-electron chi connectivity index (χ0n) is 19.7. The van der Waals surface area contributed by atoms with Crippen molar-refractivity contribution >= 4 is 28.0 Å². The number of hydrogen-bond donors (Lipinski definition) is 4. The van der Waals surface area contributed by atoms with Gasteiger partial charge in [-0.15, -0.1) is 0 Å². The third-order valence-electron chi connectivity index (χ3n) is 6.41. The highest BCUT2D eigenvalue weighted by Gasteiger charge is 2.57. The van der Waals surface area contributed by atoms with Crippen LogP contribution in [-0.2, 0) is 5.54 Å². The number of carbonyl (C=O) groups excluding carboxylic acids is 1. The van der Waals surface area contributed by atoms with Gasteiger partial charge in [0.05, 0.1) is 24.3 Å². The first-order chi connectivity index (χ1) is 16.6. The van der Waals surface area contributed by atoms with Gasteiger partial charge in [0, 0.05) is 17.7 Å². The van der Waals surface area contributed by atoms with Crippen molar-refractivity contribution in [1.82, 2.24) is 9.97 Å². The van der Waals surface area contributed by atoms with Crippen LogP contribution in [-0.4, -0.2) is 60.2 Å². The fourth-order valence-electron chi connectivity index (χ4n) is 4.23. The number of nitrogens with zero attached hydrogens (tertiary/aromatic N) is 3. The molecule has 196 valence electrons. The molecule has 0 saturated carbocycles. The standard InChI is InChI=1S/C22H26F3N5O5S/c1-20(2)19(26)30-21(3)13-8-12(4-5-15(13)34-7-6-16(21)36(20,32)33)29-18(31)14-9-28-17(10-27-14)35-11-22(23,24)25/h4-5,8-10,16,32-33H,6-7,11H2,1-3H3,(H2,26,30)(H,29,31)/t16-,21-/m1/s1. The molecule has 0 bridgehead atoms. The van der Waals surface area contributed by atoms with E-state index in [4.69, 9.17) is 15.5 Å². The van der Waals surface area contributed by atoms with Crippen LogP contribution >= 0.6 is 10.6 Å². The smallest absolute Gasteiger partial charge is 0.422 e. The van der Waals surface area contributed by atoms with Crippen molar-refractivity contribution < 1.29 is 36.5 Å². The molecule has 0 radical (unpaired) electrons. The Kier molecular flexibility index (Phi) is 6.34. The van der Waals surface area contributed by atoms with Crippen molar-refractivity contribution in [2.24, 2.45) is 10.7 Å². The predicted molar refractivity (Wildman–Crippen MR) is 128 cm³/mol. The van der Waals surface area contributed by atoms with Crippen LogP contribution in [0, 0.1) is 0 Å². The summed E-state index contributed by atoms with van der Waals surface area (Å²) in [6.07, 6.45) is -2.29. The van der Waals surface area contributed by atoms with Crippen molar-refractivity contribution in [3.63, 3.8) is 0 Å². The van der Waals surface area contributed by atoms with Gasteiger partial charge >= 0.3 is 6.18 Å². The Labute approximate surface area is 206 Å². The second kappa shape index (κ2) is 8.78. The van der Waals surface area contributed by atoms with E-state index >= 15 is 0 Å². The van der Waals surface area contributed by atoms with E-state index < -0.39 is 44.8 Å². The lowest BCUT2D eigenvalue weighted by molar-refractivity contribution is -0.154. The molecule has 0 saturated heterocycles. The molecule has 1 aromatic heterocycles. The number of alkyl halides is 3. The number of aromatic nitrogens is 2. The summed E-state index contributed by atoms with van der Waals surface area (Å²) < 4.78 is 68.5. The minimum absolute atomic E-state index is 0.103. The van der Waals surface area contributed by atoms with Crippen LogP contribution in [0.5, 0.6) is 11.6 Å². The summed E-state index contributed by atoms with van der Waals surface area (Å²) in [5, 5.41) is 1.96. The van der Waals surface area contributed by atoms with Gasteiger partial charge in [-0.2, -0.15) is 23.8 Å². The second-order valence-corrected chi connectivity index (χ2v) is 12.0. The number of hydrogen-bond acceptors (Lipinski definition) is 9. The Morgan fingerprint density at radius 2 is 2.00 bits per heavy atom. The molecule has 14 heteroatoms. The Morgan fingerprint density at radius 1 is 1.28 bits per heavy atom. The number of fused-ring (bicyclic) bond motifs is 3. The van der Waals surface area contributed by atoms with Gasteiger partial charge in [-0.05, 0) is 39.0 Å². The molecule has 1 amide bonds. The number of nitrogens with one attached hydrogen (secondary N) is 1. The predicted octanol–water partition coefficient (Wildman–Crippen LogP) is 3.94. The molecule has 10 nitrogen and oxygen atoms in total. The van der Waals surface area contributed by atoms with Crippen molar-refractivity contribution in [2.45, 2.75) is 48.9 Å². The molecule has 0 unspecified atom stereocenters. The highest BCUT2D eigenvalue weighted by atomic mass is 32.3. The fraction of sp³-hybridized carbons (Fsp3) is 0.455. The van der Waals surface area contributed by atoms with E-state index in [1.54, 1.807) is 39.0 Å². The summed E-state index contributed by atoms with van der Waals surface area (Å²) >= 11 is 0. The van der Waals surface area contributed by atoms with E-state index in [1.807, 2.05) is 0 Å². The number of halogens is 3. The first-order valence-electron chi connectivity index (χ1n) is 10.9. The van der Waals surface area contributed by atoms with Gasteiger partial charge in [0.1, 0.15) is 27.6 Å². The molecule has 1 aromatic carbocycles. The Bertz CT molecular complexity index is 1210. The largest absolute Gasteiger partial charge is 0.493 e. The molecule has 4 rings (SSSR count). The lowest BCUT2D eigenvalue weighted by Crippen LogP contribution is -2.56. The zero-order chi connectivity index (χ0) is 26.5. The SMILES string of the molecule is CC1(C)C(N)=N[C@]2(C)c3cc(NC(=O)c4cnc(OCC(F)(F)F)cn4)ccc3OCC[C@H]2S1(O)O. The van der Waals surface area contributed by atoms with Crippen LogP contribution in [0.25, 0.3) is 0 Å². The quantitative estimate of drug-likeness (QED) is 0.465. The molecule has 2 aliphatic heterocycles. The van der Waals surface area contributed by atoms with Crippen LogP contribution in [0.15, 0.2) is 35.6 Å². The van der Waals surface area contributed by atoms with Gasteiger partial charge in [-0.1, -0.05) is 0 Å². The molecule has 36 heavy (non-hydrogen) atoms. The van der Waals surface area contributed by atoms with Crippen LogP contribution in [0.2, 0.25) is 0 Å². The van der Waals surface area contributed by atoms with Crippen molar-refractivity contribution in [1.29, 1.82) is 0 Å². The number of carbonyl (C=O) groups is 1. The molecule has 2 aliphatic rings. The van der Waals surface area contributed by atoms with Crippen LogP contribution in [0.4, 0.5) is 18.9 Å². The highest BCUT2D eigenvalue weighted by Crippen LogP contribution is 2.66. The van der Waals surface area contributed by atoms with E-state index in [0.717, 1.165) is 12.4 Å². The number of rotatable bonds is 4. The summed E-state index contributed by atoms with van der Waals surface area (Å²) in [6.45, 7) is 3.74. The third kappa shape index (κ3) is 4.55. The maximum absolute atomic E-state index is 12.7. The zero-order valence-corrected chi connectivity index (χ0v) is 20.5. The Morgan fingerprint density at radius 3 is 2.64 bits per heavy atom. The number of amides is 1. The molecule has 0 fully saturated rings. The molecule has 0 aliphatic carbocycles. The summed E-state index contributed by atoms with van der Waals surface area (Å²) in [4.78, 5) is 24.9. The first kappa shape index (κ1) is 26.0. The fourth-order valence-corrected chi connectivity index (χ4v) is 6.54. The molecule has 3 heterocycles. The number of amidine groups is 1. The van der Waals surface area contributed by atoms with Gasteiger partial charge in [0.15, 0.2) is 6.61 Å². The van der Waals surface area contributed by atoms with E-state index in [9.17, 15) is 27.1 Å². The van der Waals surface area contributed by atoms with Gasteiger partial charge in [0.2, 0.25) is 5.88 Å². The topological polar surface area (TPSA) is 152 Å². The summed E-state index contributed by atoms with van der Waals surface area (Å²) in [5.74, 6) is -0.472. The van der Waals surface area contributed by atoms with Gasteiger partial charge in [-0.3, -0.25) is 18.9 Å². The van der Waals surface area contributed by atoms with E-state index in [1.165, 1.54) is 0 Å².